The molecule has 1 aromatic carbocycles. The maximum Gasteiger partial charge on any atom is 0.410 e. The lowest BCUT2D eigenvalue weighted by Crippen LogP contribution is -2.65. The minimum atomic E-state index is -0.481. The van der Waals surface area contributed by atoms with Gasteiger partial charge in [0.25, 0.3) is 0 Å². The number of carbonyl (C=O) groups is 2. The lowest BCUT2D eigenvalue weighted by atomic mass is 10.1. The van der Waals surface area contributed by atoms with Gasteiger partial charge in [-0.15, -0.1) is 0 Å². The molecule has 1 aromatic rings. The van der Waals surface area contributed by atoms with Crippen molar-refractivity contribution in [1.29, 1.82) is 0 Å². The Bertz CT molecular complexity index is 849. The van der Waals surface area contributed by atoms with Gasteiger partial charge in [0.05, 0.1) is 17.8 Å². The maximum atomic E-state index is 13.0. The van der Waals surface area contributed by atoms with Crippen molar-refractivity contribution in [2.75, 3.05) is 51.7 Å². The average Bonchev–Trinajstić information content (AvgIpc) is 2.68. The molecule has 2 aliphatic rings. The van der Waals surface area contributed by atoms with Crippen LogP contribution in [0.3, 0.4) is 0 Å². The number of benzene rings is 1. The van der Waals surface area contributed by atoms with Gasteiger partial charge in [-0.3, -0.25) is 9.69 Å². The minimum Gasteiger partial charge on any atom is -0.495 e. The summed E-state index contributed by atoms with van der Waals surface area (Å²) >= 11 is 9.54. The summed E-state index contributed by atoms with van der Waals surface area (Å²) in [5.41, 5.74) is 0.227. The normalized spacial score (nSPS) is 18.7. The Morgan fingerprint density at radius 1 is 1.16 bits per heavy atom. The molecule has 0 radical (unpaired) electrons. The fourth-order valence-corrected chi connectivity index (χ4v) is 4.35. The van der Waals surface area contributed by atoms with E-state index >= 15 is 0 Å². The fourth-order valence-electron chi connectivity index (χ4n) is 3.85. The molecule has 10 heteroatoms. The number of ether oxygens (including phenoxy) is 2. The highest BCUT2D eigenvalue weighted by Gasteiger charge is 2.38. The summed E-state index contributed by atoms with van der Waals surface area (Å²) < 4.78 is 11.5. The highest BCUT2D eigenvalue weighted by Crippen LogP contribution is 2.34. The molecule has 2 fully saturated rings. The Morgan fingerprint density at radius 2 is 1.78 bits per heavy atom. The van der Waals surface area contributed by atoms with Crippen LogP contribution in [0.25, 0.3) is 0 Å². The van der Waals surface area contributed by atoms with Crippen LogP contribution < -0.4 is 10.1 Å². The number of nitrogens with zero attached hydrogens (tertiary/aromatic N) is 3. The Balaban J connectivity index is 1.47. The zero-order valence-corrected chi connectivity index (χ0v) is 21.6. The first-order valence-corrected chi connectivity index (χ1v) is 12.0. The predicted octanol–water partition coefficient (Wildman–Crippen LogP) is 3.68. The van der Waals surface area contributed by atoms with Crippen LogP contribution in [-0.2, 0) is 9.53 Å². The van der Waals surface area contributed by atoms with Crippen LogP contribution in [0.2, 0.25) is 5.02 Å². The molecule has 32 heavy (non-hydrogen) atoms. The SMILES string of the molecule is COc1cc(Cl)c(Br)cc1N[C@@H](C)C(=O)N1CCN(C2CN(C(=O)OC(C)(C)C)C2)CC1. The summed E-state index contributed by atoms with van der Waals surface area (Å²) in [6.45, 7) is 11.7. The Hall–Kier alpha value is -1.71. The lowest BCUT2D eigenvalue weighted by Gasteiger charge is -2.48. The second-order valence-corrected chi connectivity index (χ2v) is 10.5. The molecule has 0 spiro atoms. The summed E-state index contributed by atoms with van der Waals surface area (Å²) in [4.78, 5) is 31.1. The molecule has 8 nitrogen and oxygen atoms in total. The van der Waals surface area contributed by atoms with Gasteiger partial charge >= 0.3 is 6.09 Å². The van der Waals surface area contributed by atoms with E-state index in [0.29, 0.717) is 48.7 Å². The van der Waals surface area contributed by atoms with E-state index in [0.717, 1.165) is 17.6 Å². The number of hydrogen-bond donors (Lipinski definition) is 1. The van der Waals surface area contributed by atoms with Crippen molar-refractivity contribution >= 4 is 45.2 Å². The monoisotopic (exact) mass is 530 g/mol. The number of carbonyl (C=O) groups excluding carboxylic acids is 2. The molecular formula is C22H32BrClN4O4. The fraction of sp³-hybridized carbons (Fsp3) is 0.636. The Morgan fingerprint density at radius 3 is 2.34 bits per heavy atom. The quantitative estimate of drug-likeness (QED) is 0.625. The van der Waals surface area contributed by atoms with Crippen LogP contribution in [0.1, 0.15) is 27.7 Å². The number of nitrogens with one attached hydrogen (secondary N) is 1. The Labute approximate surface area is 203 Å². The molecule has 2 heterocycles. The van der Waals surface area contributed by atoms with Gasteiger partial charge in [0, 0.05) is 55.8 Å². The molecule has 3 rings (SSSR count). The van der Waals surface area contributed by atoms with Crippen molar-refractivity contribution in [1.82, 2.24) is 14.7 Å². The largest absolute Gasteiger partial charge is 0.495 e. The second kappa shape index (κ2) is 10.1. The van der Waals surface area contributed by atoms with Gasteiger partial charge in [-0.25, -0.2) is 4.79 Å². The molecule has 0 unspecified atom stereocenters. The number of rotatable bonds is 5. The number of halogens is 2. The van der Waals surface area contributed by atoms with Crippen LogP contribution in [0, 0.1) is 0 Å². The molecule has 0 aliphatic carbocycles. The smallest absolute Gasteiger partial charge is 0.410 e. The first-order chi connectivity index (χ1) is 15.0. The summed E-state index contributed by atoms with van der Waals surface area (Å²) in [7, 11) is 1.57. The van der Waals surface area contributed by atoms with E-state index in [2.05, 4.69) is 26.1 Å². The number of amides is 2. The summed E-state index contributed by atoms with van der Waals surface area (Å²) in [6, 6.07) is 3.44. The van der Waals surface area contributed by atoms with Gasteiger partial charge in [0.2, 0.25) is 5.91 Å². The highest BCUT2D eigenvalue weighted by atomic mass is 79.9. The van der Waals surface area contributed by atoms with Gasteiger partial charge < -0.3 is 24.6 Å². The van der Waals surface area contributed by atoms with Crippen LogP contribution in [0.15, 0.2) is 16.6 Å². The maximum absolute atomic E-state index is 13.0. The van der Waals surface area contributed by atoms with Crippen molar-refractivity contribution in [3.05, 3.63) is 21.6 Å². The summed E-state index contributed by atoms with van der Waals surface area (Å²) in [5, 5.41) is 3.79. The number of anilines is 1. The van der Waals surface area contributed by atoms with Crippen LogP contribution >= 0.6 is 27.5 Å². The topological polar surface area (TPSA) is 74.4 Å². The van der Waals surface area contributed by atoms with E-state index in [1.54, 1.807) is 18.1 Å². The second-order valence-electron chi connectivity index (χ2n) is 9.23. The molecule has 2 aliphatic heterocycles. The van der Waals surface area contributed by atoms with E-state index in [9.17, 15) is 9.59 Å². The first kappa shape index (κ1) is 24.9. The molecule has 0 saturated carbocycles. The number of methoxy groups -OCH3 is 1. The standard InChI is InChI=1S/C22H32BrClN4O4/c1-14(25-18-10-16(23)17(24)11-19(18)31-5)20(29)27-8-6-26(7-9-27)15-12-28(13-15)21(30)32-22(2,3)4/h10-11,14-15,25H,6-9,12-13H2,1-5H3/t14-/m0/s1. The van der Waals surface area contributed by atoms with E-state index in [4.69, 9.17) is 21.1 Å². The molecule has 1 atom stereocenters. The van der Waals surface area contributed by atoms with E-state index in [1.807, 2.05) is 38.7 Å². The zero-order valence-electron chi connectivity index (χ0n) is 19.3. The highest BCUT2D eigenvalue weighted by molar-refractivity contribution is 9.10. The van der Waals surface area contributed by atoms with Gasteiger partial charge in [0.1, 0.15) is 17.4 Å². The van der Waals surface area contributed by atoms with Crippen LogP contribution in [-0.4, -0.2) is 90.8 Å². The van der Waals surface area contributed by atoms with E-state index in [1.165, 1.54) is 0 Å². The van der Waals surface area contributed by atoms with Crippen LogP contribution in [0.4, 0.5) is 10.5 Å². The predicted molar refractivity (Wildman–Crippen MR) is 129 cm³/mol. The number of hydrogen-bond acceptors (Lipinski definition) is 6. The number of piperazine rings is 1. The van der Waals surface area contributed by atoms with Gasteiger partial charge in [-0.05, 0) is 49.7 Å². The third-order valence-corrected chi connectivity index (χ3v) is 6.84. The Kier molecular flexibility index (Phi) is 7.83. The minimum absolute atomic E-state index is 0.0433. The average molecular weight is 532 g/mol. The van der Waals surface area contributed by atoms with Crippen molar-refractivity contribution in [2.45, 2.75) is 45.4 Å². The van der Waals surface area contributed by atoms with E-state index < -0.39 is 11.6 Å². The third kappa shape index (κ3) is 5.99. The van der Waals surface area contributed by atoms with Crippen LogP contribution in [0.5, 0.6) is 5.75 Å². The van der Waals surface area contributed by atoms with Gasteiger partial charge in [0.15, 0.2) is 0 Å². The van der Waals surface area contributed by atoms with Crippen molar-refractivity contribution in [2.24, 2.45) is 0 Å². The number of likely N-dealkylation sites (tertiary alicyclic amines) is 1. The lowest BCUT2D eigenvalue weighted by molar-refractivity contribution is -0.134. The summed E-state index contributed by atoms with van der Waals surface area (Å²) in [5.74, 6) is 0.629. The molecule has 1 N–H and O–H groups in total. The zero-order chi connectivity index (χ0) is 23.6. The molecule has 2 amide bonds. The first-order valence-electron chi connectivity index (χ1n) is 10.8. The molecule has 0 bridgehead atoms. The molecule has 178 valence electrons. The van der Waals surface area contributed by atoms with E-state index in [-0.39, 0.29) is 12.0 Å². The van der Waals surface area contributed by atoms with Crippen molar-refractivity contribution in [3.8, 4) is 5.75 Å². The van der Waals surface area contributed by atoms with Gasteiger partial charge in [-0.1, -0.05) is 11.6 Å². The van der Waals surface area contributed by atoms with Crippen molar-refractivity contribution in [3.63, 3.8) is 0 Å². The summed E-state index contributed by atoms with van der Waals surface area (Å²) in [6.07, 6.45) is -0.258. The molecule has 2 saturated heterocycles. The van der Waals surface area contributed by atoms with Gasteiger partial charge in [-0.2, -0.15) is 0 Å². The van der Waals surface area contributed by atoms with Crippen molar-refractivity contribution < 1.29 is 19.1 Å². The molecular weight excluding hydrogens is 500 g/mol. The molecule has 0 aromatic heterocycles. The third-order valence-electron chi connectivity index (χ3n) is 5.64.